The molecule has 0 aromatic carbocycles. The maximum absolute atomic E-state index is 12.3. The number of nitrogens with zero attached hydrogens (tertiary/aromatic N) is 3. The van der Waals surface area contributed by atoms with Crippen molar-refractivity contribution in [1.29, 1.82) is 0 Å². The molecule has 134 valence electrons. The molecule has 0 saturated carbocycles. The van der Waals surface area contributed by atoms with Gasteiger partial charge in [-0.15, -0.1) is 0 Å². The summed E-state index contributed by atoms with van der Waals surface area (Å²) in [5.41, 5.74) is -0.238. The van der Waals surface area contributed by atoms with E-state index in [4.69, 9.17) is 4.74 Å². The van der Waals surface area contributed by atoms with E-state index in [0.717, 1.165) is 6.42 Å². The average Bonchev–Trinajstić information content (AvgIpc) is 2.69. The third kappa shape index (κ3) is 4.04. The Morgan fingerprint density at radius 1 is 1.22 bits per heavy atom. The van der Waals surface area contributed by atoms with Crippen LogP contribution in [0.2, 0.25) is 0 Å². The van der Waals surface area contributed by atoms with Crippen LogP contribution < -0.4 is 0 Å². The molecule has 7 nitrogen and oxygen atoms in total. The van der Waals surface area contributed by atoms with Gasteiger partial charge in [-0.1, -0.05) is 0 Å². The minimum atomic E-state index is -3.19. The maximum atomic E-state index is 12.3. The first-order chi connectivity index (χ1) is 10.8. The van der Waals surface area contributed by atoms with Crippen LogP contribution in [0.5, 0.6) is 0 Å². The molecule has 2 aliphatic heterocycles. The molecule has 2 heterocycles. The van der Waals surface area contributed by atoms with Gasteiger partial charge in [0.15, 0.2) is 0 Å². The number of carbonyl (C=O) groups is 1. The van der Waals surface area contributed by atoms with E-state index in [9.17, 15) is 13.2 Å². The minimum Gasteiger partial charge on any atom is -0.383 e. The quantitative estimate of drug-likeness (QED) is 0.699. The molecule has 2 rings (SSSR count). The standard InChI is InChI=1S/C15H29N3O4S/c1-4-23(20,21)18-10-9-16(2)15(13-18)6-5-14(19)17(8-7-15)11-12-22-3/h4-13H2,1-3H3. The summed E-state index contributed by atoms with van der Waals surface area (Å²) in [5, 5.41) is 0. The Bertz CT molecular complexity index is 525. The molecule has 23 heavy (non-hydrogen) atoms. The van der Waals surface area contributed by atoms with Crippen LogP contribution in [-0.4, -0.2) is 93.2 Å². The van der Waals surface area contributed by atoms with Gasteiger partial charge in [-0.3, -0.25) is 9.69 Å². The predicted molar refractivity (Wildman–Crippen MR) is 88.7 cm³/mol. The highest BCUT2D eigenvalue weighted by Crippen LogP contribution is 2.33. The number of sulfonamides is 1. The summed E-state index contributed by atoms with van der Waals surface area (Å²) in [6.45, 7) is 5.22. The van der Waals surface area contributed by atoms with E-state index in [1.54, 1.807) is 18.3 Å². The first-order valence-corrected chi connectivity index (χ1v) is 9.91. The molecule has 8 heteroatoms. The lowest BCUT2D eigenvalue weighted by Gasteiger charge is -2.48. The molecular formula is C15H29N3O4S. The molecule has 1 amide bonds. The zero-order chi connectivity index (χ0) is 17.1. The zero-order valence-electron chi connectivity index (χ0n) is 14.5. The summed E-state index contributed by atoms with van der Waals surface area (Å²) >= 11 is 0. The molecule has 0 aromatic rings. The highest BCUT2D eigenvalue weighted by molar-refractivity contribution is 7.89. The van der Waals surface area contributed by atoms with Crippen LogP contribution >= 0.6 is 0 Å². The van der Waals surface area contributed by atoms with Gasteiger partial charge in [-0.25, -0.2) is 8.42 Å². The van der Waals surface area contributed by atoms with Gasteiger partial charge in [0.1, 0.15) is 0 Å². The number of hydrogen-bond donors (Lipinski definition) is 0. The molecule has 2 aliphatic rings. The Hall–Kier alpha value is -0.700. The second-order valence-corrected chi connectivity index (χ2v) is 8.76. The molecule has 1 unspecified atom stereocenters. The van der Waals surface area contributed by atoms with Crippen molar-refractivity contribution in [3.63, 3.8) is 0 Å². The topological polar surface area (TPSA) is 70.2 Å². The Morgan fingerprint density at radius 3 is 2.61 bits per heavy atom. The third-order valence-electron chi connectivity index (χ3n) is 5.29. The number of likely N-dealkylation sites (tertiary alicyclic amines) is 1. The van der Waals surface area contributed by atoms with Gasteiger partial charge in [0.2, 0.25) is 15.9 Å². The molecule has 0 bridgehead atoms. The molecule has 0 aliphatic carbocycles. The van der Waals surface area contributed by atoms with Gasteiger partial charge in [0, 0.05) is 51.8 Å². The lowest BCUT2D eigenvalue weighted by molar-refractivity contribution is -0.131. The van der Waals surface area contributed by atoms with Crippen molar-refractivity contribution in [3.8, 4) is 0 Å². The van der Waals surface area contributed by atoms with Crippen LogP contribution in [0.15, 0.2) is 0 Å². The van der Waals surface area contributed by atoms with Gasteiger partial charge in [-0.2, -0.15) is 4.31 Å². The summed E-state index contributed by atoms with van der Waals surface area (Å²) in [5.74, 6) is 0.272. The van der Waals surface area contributed by atoms with Crippen LogP contribution in [0, 0.1) is 0 Å². The SMILES string of the molecule is CCS(=O)(=O)N1CCN(C)C2(CCC(=O)N(CCOC)CC2)C1. The lowest BCUT2D eigenvalue weighted by Crippen LogP contribution is -2.62. The van der Waals surface area contributed by atoms with Crippen LogP contribution in [-0.2, 0) is 19.6 Å². The number of rotatable bonds is 5. The van der Waals surface area contributed by atoms with E-state index in [-0.39, 0.29) is 17.2 Å². The molecule has 0 aromatic heterocycles. The predicted octanol–water partition coefficient (Wildman–Crippen LogP) is -0.0188. The molecule has 1 atom stereocenters. The Kier molecular flexibility index (Phi) is 6.05. The smallest absolute Gasteiger partial charge is 0.222 e. The van der Waals surface area contributed by atoms with E-state index in [2.05, 4.69) is 4.90 Å². The summed E-state index contributed by atoms with van der Waals surface area (Å²) in [6.07, 6.45) is 1.98. The van der Waals surface area contributed by atoms with E-state index < -0.39 is 10.0 Å². The largest absolute Gasteiger partial charge is 0.383 e. The fourth-order valence-corrected chi connectivity index (χ4v) is 4.68. The van der Waals surface area contributed by atoms with Gasteiger partial charge in [0.05, 0.1) is 12.4 Å². The summed E-state index contributed by atoms with van der Waals surface area (Å²) in [7, 11) is 0.493. The van der Waals surface area contributed by atoms with Crippen LogP contribution in [0.1, 0.15) is 26.2 Å². The third-order valence-corrected chi connectivity index (χ3v) is 7.12. The van der Waals surface area contributed by atoms with Crippen LogP contribution in [0.3, 0.4) is 0 Å². The summed E-state index contributed by atoms with van der Waals surface area (Å²) in [6, 6.07) is 0. The molecule has 0 N–H and O–H groups in total. The van der Waals surface area contributed by atoms with E-state index in [1.807, 2.05) is 11.9 Å². The second-order valence-electron chi connectivity index (χ2n) is 6.50. The van der Waals surface area contributed by atoms with Crippen molar-refractivity contribution in [1.82, 2.24) is 14.1 Å². The van der Waals surface area contributed by atoms with E-state index in [1.165, 1.54) is 0 Å². The maximum Gasteiger partial charge on any atom is 0.222 e. The number of carbonyl (C=O) groups excluding carboxylic acids is 1. The fraction of sp³-hybridized carbons (Fsp3) is 0.933. The van der Waals surface area contributed by atoms with Crippen LogP contribution in [0.25, 0.3) is 0 Å². The van der Waals surface area contributed by atoms with Gasteiger partial charge in [-0.05, 0) is 26.8 Å². The number of ether oxygens (including phenoxy) is 1. The Labute approximate surface area is 139 Å². The Balaban J connectivity index is 2.14. The molecule has 1 spiro atoms. The second kappa shape index (κ2) is 7.46. The van der Waals surface area contributed by atoms with Gasteiger partial charge < -0.3 is 9.64 Å². The van der Waals surface area contributed by atoms with Gasteiger partial charge in [0.25, 0.3) is 0 Å². The number of likely N-dealkylation sites (N-methyl/N-ethyl adjacent to an activating group) is 1. The summed E-state index contributed by atoms with van der Waals surface area (Å²) < 4.78 is 31.2. The number of methoxy groups -OCH3 is 1. The van der Waals surface area contributed by atoms with Crippen molar-refractivity contribution in [2.45, 2.75) is 31.7 Å². The number of amides is 1. The monoisotopic (exact) mass is 347 g/mol. The van der Waals surface area contributed by atoms with Gasteiger partial charge >= 0.3 is 0 Å². The molecule has 2 fully saturated rings. The highest BCUT2D eigenvalue weighted by Gasteiger charge is 2.44. The first-order valence-electron chi connectivity index (χ1n) is 8.30. The van der Waals surface area contributed by atoms with Crippen molar-refractivity contribution in [2.75, 3.05) is 59.2 Å². The van der Waals surface area contributed by atoms with Crippen molar-refractivity contribution in [2.24, 2.45) is 0 Å². The summed E-state index contributed by atoms with van der Waals surface area (Å²) in [4.78, 5) is 16.4. The number of hydrogen-bond acceptors (Lipinski definition) is 5. The van der Waals surface area contributed by atoms with Crippen molar-refractivity contribution >= 4 is 15.9 Å². The highest BCUT2D eigenvalue weighted by atomic mass is 32.2. The van der Waals surface area contributed by atoms with Crippen LogP contribution in [0.4, 0.5) is 0 Å². The fourth-order valence-electron chi connectivity index (χ4n) is 3.52. The molecule has 2 saturated heterocycles. The zero-order valence-corrected chi connectivity index (χ0v) is 15.3. The number of piperazine rings is 1. The lowest BCUT2D eigenvalue weighted by atomic mass is 9.87. The van der Waals surface area contributed by atoms with Crippen molar-refractivity contribution in [3.05, 3.63) is 0 Å². The molecule has 0 radical (unpaired) electrons. The van der Waals surface area contributed by atoms with E-state index >= 15 is 0 Å². The normalized spacial score (nSPS) is 28.3. The van der Waals surface area contributed by atoms with E-state index in [0.29, 0.717) is 52.2 Å². The minimum absolute atomic E-state index is 0.131. The molecular weight excluding hydrogens is 318 g/mol. The van der Waals surface area contributed by atoms with Crippen molar-refractivity contribution < 1.29 is 17.9 Å². The average molecular weight is 347 g/mol. The Morgan fingerprint density at radius 2 is 1.96 bits per heavy atom. The first kappa shape index (κ1) is 18.6.